The summed E-state index contributed by atoms with van der Waals surface area (Å²) in [4.78, 5) is 14.3. The summed E-state index contributed by atoms with van der Waals surface area (Å²) in [6.07, 6.45) is 1.48. The van der Waals surface area contributed by atoms with E-state index in [2.05, 4.69) is 37.6 Å². The van der Waals surface area contributed by atoms with Crippen LogP contribution < -0.4 is 15.4 Å². The molecule has 0 aliphatic heterocycles. The molecule has 212 valence electrons. The van der Waals surface area contributed by atoms with Crippen molar-refractivity contribution in [1.29, 1.82) is 0 Å². The van der Waals surface area contributed by atoms with Crippen molar-refractivity contribution in [2.45, 2.75) is 20.5 Å². The highest BCUT2D eigenvalue weighted by atomic mass is 35.5. The molecule has 0 amide bonds. The molecule has 0 fully saturated rings. The molecule has 1 aromatic heterocycles. The molecule has 0 aliphatic rings. The van der Waals surface area contributed by atoms with Crippen LogP contribution in [0.2, 0.25) is 5.02 Å². The van der Waals surface area contributed by atoms with E-state index in [1.54, 1.807) is 31.2 Å². The predicted octanol–water partition coefficient (Wildman–Crippen LogP) is 5.71. The fraction of sp³-hybridized carbons (Fsp3) is 0.258. The molecule has 10 heteroatoms. The maximum absolute atomic E-state index is 13.5. The summed E-state index contributed by atoms with van der Waals surface area (Å²) < 4.78 is 19.2. The molecular formula is C31H31ClFN5O3. The van der Waals surface area contributed by atoms with E-state index in [0.717, 1.165) is 16.5 Å². The first-order chi connectivity index (χ1) is 20.0. The smallest absolute Gasteiger partial charge is 0.159 e. The van der Waals surface area contributed by atoms with E-state index in [1.165, 1.54) is 18.5 Å². The lowest BCUT2D eigenvalue weighted by atomic mass is 10.1. The zero-order valence-electron chi connectivity index (χ0n) is 22.8. The number of aromatic nitrogens is 2. The predicted molar refractivity (Wildman–Crippen MR) is 160 cm³/mol. The maximum Gasteiger partial charge on any atom is 0.159 e. The highest BCUT2D eigenvalue weighted by Crippen LogP contribution is 2.31. The van der Waals surface area contributed by atoms with E-state index < -0.39 is 0 Å². The fourth-order valence-electron chi connectivity index (χ4n) is 3.83. The number of rotatable bonds is 13. The number of anilines is 2. The van der Waals surface area contributed by atoms with Crippen molar-refractivity contribution in [3.05, 3.63) is 89.0 Å². The van der Waals surface area contributed by atoms with Crippen molar-refractivity contribution in [1.82, 2.24) is 15.3 Å². The first kappa shape index (κ1) is 29.7. The van der Waals surface area contributed by atoms with E-state index >= 15 is 0 Å². The van der Waals surface area contributed by atoms with Crippen LogP contribution in [0, 0.1) is 23.6 Å². The molecule has 3 N–H and O–H groups in total. The molecule has 0 spiro atoms. The normalized spacial score (nSPS) is 12.0. The van der Waals surface area contributed by atoms with E-state index in [4.69, 9.17) is 26.3 Å². The molecule has 0 radical (unpaired) electrons. The lowest BCUT2D eigenvalue weighted by Gasteiger charge is -2.12. The summed E-state index contributed by atoms with van der Waals surface area (Å²) in [5, 5.41) is 21.0. The number of nitrogens with one attached hydrogen (secondary N) is 2. The minimum absolute atomic E-state index is 0.134. The number of halogens is 2. The third-order valence-electron chi connectivity index (χ3n) is 5.96. The highest BCUT2D eigenvalue weighted by molar-refractivity contribution is 6.32. The number of fused-ring (bicyclic) bond motifs is 1. The quantitative estimate of drug-likeness (QED) is 0.0813. The monoisotopic (exact) mass is 575 g/mol. The van der Waals surface area contributed by atoms with Gasteiger partial charge in [0.1, 0.15) is 36.9 Å². The Morgan fingerprint density at radius 2 is 2.02 bits per heavy atom. The zero-order valence-corrected chi connectivity index (χ0v) is 23.6. The third kappa shape index (κ3) is 8.63. The second-order valence-corrected chi connectivity index (χ2v) is 9.69. The van der Waals surface area contributed by atoms with Crippen LogP contribution in [0.25, 0.3) is 10.9 Å². The van der Waals surface area contributed by atoms with Crippen LogP contribution in [-0.2, 0) is 11.4 Å². The molecule has 41 heavy (non-hydrogen) atoms. The second-order valence-electron chi connectivity index (χ2n) is 9.28. The number of nitrogens with zero attached hydrogens (tertiary/aromatic N) is 3. The molecule has 4 rings (SSSR count). The number of aliphatic hydroxyl groups excluding tert-OH is 1. The van der Waals surface area contributed by atoms with Crippen molar-refractivity contribution in [2.75, 3.05) is 31.6 Å². The van der Waals surface area contributed by atoms with Crippen molar-refractivity contribution in [3.63, 3.8) is 0 Å². The van der Waals surface area contributed by atoms with Gasteiger partial charge in [-0.05, 0) is 72.9 Å². The Morgan fingerprint density at radius 1 is 1.15 bits per heavy atom. The van der Waals surface area contributed by atoms with Crippen LogP contribution in [0.1, 0.15) is 25.0 Å². The Labute approximate surface area is 243 Å². The SMILES string of the molecule is CC#C/C(=N\OCCNC[C@H](C)CO)c1ccc2ncnc(Nc3ccc(OCc4cccc(F)c4)c(Cl)c3)c2c1. The Morgan fingerprint density at radius 3 is 2.80 bits per heavy atom. The molecule has 0 aliphatic carbocycles. The molecule has 0 bridgehead atoms. The Balaban J connectivity index is 1.47. The van der Waals surface area contributed by atoms with E-state index in [9.17, 15) is 4.39 Å². The molecular weight excluding hydrogens is 545 g/mol. The lowest BCUT2D eigenvalue weighted by molar-refractivity contribution is 0.144. The number of ether oxygens (including phenoxy) is 1. The van der Waals surface area contributed by atoms with Crippen LogP contribution in [0.3, 0.4) is 0 Å². The van der Waals surface area contributed by atoms with Crippen molar-refractivity contribution < 1.29 is 19.1 Å². The highest BCUT2D eigenvalue weighted by Gasteiger charge is 2.11. The number of benzene rings is 3. The van der Waals surface area contributed by atoms with Gasteiger partial charge in [-0.1, -0.05) is 41.7 Å². The first-order valence-electron chi connectivity index (χ1n) is 13.1. The van der Waals surface area contributed by atoms with Crippen LogP contribution in [0.5, 0.6) is 5.75 Å². The molecule has 0 saturated heterocycles. The molecule has 0 saturated carbocycles. The van der Waals surface area contributed by atoms with Gasteiger partial charge in [-0.25, -0.2) is 14.4 Å². The topological polar surface area (TPSA) is 101 Å². The number of hydrogen-bond acceptors (Lipinski definition) is 8. The Hall–Kier alpha value is -4.23. The molecule has 4 aromatic rings. The lowest BCUT2D eigenvalue weighted by Crippen LogP contribution is -2.26. The minimum Gasteiger partial charge on any atom is -0.487 e. The molecule has 8 nitrogen and oxygen atoms in total. The van der Waals surface area contributed by atoms with Gasteiger partial charge < -0.3 is 25.3 Å². The summed E-state index contributed by atoms with van der Waals surface area (Å²) in [5.74, 6) is 6.80. The Bertz CT molecular complexity index is 1570. The van der Waals surface area contributed by atoms with Gasteiger partial charge in [-0.3, -0.25) is 0 Å². The first-order valence-corrected chi connectivity index (χ1v) is 13.5. The summed E-state index contributed by atoms with van der Waals surface area (Å²) in [6, 6.07) is 17.2. The number of aliphatic hydroxyl groups is 1. The third-order valence-corrected chi connectivity index (χ3v) is 6.26. The molecule has 1 heterocycles. The van der Waals surface area contributed by atoms with Gasteiger partial charge in [0.05, 0.1) is 10.5 Å². The van der Waals surface area contributed by atoms with Crippen molar-refractivity contribution in [2.24, 2.45) is 11.1 Å². The van der Waals surface area contributed by atoms with Gasteiger partial charge in [-0.2, -0.15) is 0 Å². The van der Waals surface area contributed by atoms with Gasteiger partial charge >= 0.3 is 0 Å². The van der Waals surface area contributed by atoms with Gasteiger partial charge in [0.2, 0.25) is 0 Å². The summed E-state index contributed by atoms with van der Waals surface area (Å²) >= 11 is 6.48. The summed E-state index contributed by atoms with van der Waals surface area (Å²) in [6.45, 7) is 5.67. The standard InChI is InChI=1S/C31H31ClFN5O3/c1-3-5-28(38-41-13-12-34-17-21(2)18-39)23-8-10-29-26(15-23)31(36-20-35-29)37-25-9-11-30(27(32)16-25)40-19-22-6-4-7-24(33)14-22/h4,6-11,14-16,20-21,34,39H,12-13,17-19H2,1-2H3,(H,35,36,37)/b38-28+/t21-/m0/s1. The molecule has 0 unspecified atom stereocenters. The fourth-order valence-corrected chi connectivity index (χ4v) is 4.07. The van der Waals surface area contributed by atoms with E-state index in [1.807, 2.05) is 31.2 Å². The van der Waals surface area contributed by atoms with Gasteiger partial charge in [0.25, 0.3) is 0 Å². The average Bonchev–Trinajstić information content (AvgIpc) is 2.98. The van der Waals surface area contributed by atoms with Gasteiger partial charge in [0, 0.05) is 36.3 Å². The van der Waals surface area contributed by atoms with E-state index in [-0.39, 0.29) is 24.9 Å². The number of oxime groups is 1. The van der Waals surface area contributed by atoms with Crippen molar-refractivity contribution in [3.8, 4) is 17.6 Å². The average molecular weight is 576 g/mol. The van der Waals surface area contributed by atoms with Crippen LogP contribution in [0.15, 0.2) is 72.1 Å². The van der Waals surface area contributed by atoms with E-state index in [0.29, 0.717) is 53.2 Å². The molecule has 1 atom stereocenters. The summed E-state index contributed by atoms with van der Waals surface area (Å²) in [5.41, 5.74) is 3.38. The van der Waals surface area contributed by atoms with Gasteiger partial charge in [0.15, 0.2) is 5.71 Å². The summed E-state index contributed by atoms with van der Waals surface area (Å²) in [7, 11) is 0. The van der Waals surface area contributed by atoms with Crippen molar-refractivity contribution >= 4 is 39.7 Å². The van der Waals surface area contributed by atoms with Crippen LogP contribution in [-0.4, -0.2) is 47.1 Å². The molecule has 3 aromatic carbocycles. The van der Waals surface area contributed by atoms with Crippen LogP contribution in [0.4, 0.5) is 15.9 Å². The minimum atomic E-state index is -0.318. The second kappa shape index (κ2) is 15.0. The zero-order chi connectivity index (χ0) is 29.0. The largest absolute Gasteiger partial charge is 0.487 e. The van der Waals surface area contributed by atoms with Gasteiger partial charge in [-0.15, -0.1) is 0 Å². The number of hydrogen-bond donors (Lipinski definition) is 3. The Kier molecular flexibility index (Phi) is 10.9. The van der Waals surface area contributed by atoms with Crippen LogP contribution >= 0.6 is 11.6 Å². The maximum atomic E-state index is 13.5.